The molecule has 0 unspecified atom stereocenters. The summed E-state index contributed by atoms with van der Waals surface area (Å²) in [6.07, 6.45) is 0.508. The van der Waals surface area contributed by atoms with Gasteiger partial charge in [-0.2, -0.15) is 0 Å². The number of H-pyrrole nitrogens is 1. The average Bonchev–Trinajstić information content (AvgIpc) is 3.31. The third kappa shape index (κ3) is 4.70. The summed E-state index contributed by atoms with van der Waals surface area (Å²) in [4.78, 5) is 31.7. The molecule has 0 saturated carbocycles. The Morgan fingerprint density at radius 2 is 1.86 bits per heavy atom. The molecule has 0 bridgehead atoms. The SMILES string of the molecule is CN1C(=O)[C@@H](NC(=O)c2n[nH]c(Cc3ccccc3)n2)COc2ccc(-c3ccc(O)cc3)cc21. The van der Waals surface area contributed by atoms with Gasteiger partial charge in [-0.05, 0) is 41.0 Å². The van der Waals surface area contributed by atoms with E-state index < -0.39 is 11.9 Å². The number of aromatic nitrogens is 3. The molecule has 0 radical (unpaired) electrons. The van der Waals surface area contributed by atoms with Crippen LogP contribution in [-0.4, -0.2) is 51.8 Å². The van der Waals surface area contributed by atoms with Crippen molar-refractivity contribution in [3.63, 3.8) is 0 Å². The Balaban J connectivity index is 1.30. The summed E-state index contributed by atoms with van der Waals surface area (Å²) in [5.74, 6) is 0.338. The summed E-state index contributed by atoms with van der Waals surface area (Å²) in [6, 6.07) is 21.1. The van der Waals surface area contributed by atoms with Crippen molar-refractivity contribution < 1.29 is 19.4 Å². The molecule has 3 N–H and O–H groups in total. The van der Waals surface area contributed by atoms with Gasteiger partial charge in [0.05, 0.1) is 5.69 Å². The van der Waals surface area contributed by atoms with E-state index in [0.29, 0.717) is 23.7 Å². The van der Waals surface area contributed by atoms with Gasteiger partial charge in [0.2, 0.25) is 5.82 Å². The molecule has 0 aliphatic carbocycles. The number of carbonyl (C=O) groups is 2. The highest BCUT2D eigenvalue weighted by molar-refractivity contribution is 6.02. The van der Waals surface area contributed by atoms with Gasteiger partial charge in [0.1, 0.15) is 30.0 Å². The van der Waals surface area contributed by atoms with Gasteiger partial charge in [-0.1, -0.05) is 48.5 Å². The molecule has 1 aromatic heterocycles. The van der Waals surface area contributed by atoms with Crippen molar-refractivity contribution in [2.75, 3.05) is 18.6 Å². The van der Waals surface area contributed by atoms with Crippen molar-refractivity contribution in [1.29, 1.82) is 0 Å². The van der Waals surface area contributed by atoms with Gasteiger partial charge >= 0.3 is 0 Å². The number of benzene rings is 3. The number of anilines is 1. The molecule has 3 aromatic carbocycles. The highest BCUT2D eigenvalue weighted by atomic mass is 16.5. The normalized spacial score (nSPS) is 15.2. The van der Waals surface area contributed by atoms with Crippen LogP contribution in [0.5, 0.6) is 11.5 Å². The molecule has 2 heterocycles. The van der Waals surface area contributed by atoms with E-state index in [1.54, 1.807) is 37.4 Å². The Labute approximate surface area is 201 Å². The number of ether oxygens (including phenoxy) is 1. The highest BCUT2D eigenvalue weighted by Gasteiger charge is 2.31. The summed E-state index contributed by atoms with van der Waals surface area (Å²) in [6.45, 7) is -0.0260. The molecule has 0 saturated heterocycles. The van der Waals surface area contributed by atoms with Crippen LogP contribution in [0.2, 0.25) is 0 Å². The maximum absolute atomic E-state index is 13.2. The number of nitrogens with one attached hydrogen (secondary N) is 2. The first-order valence-electron chi connectivity index (χ1n) is 11.1. The van der Waals surface area contributed by atoms with Crippen molar-refractivity contribution in [2.45, 2.75) is 12.5 Å². The summed E-state index contributed by atoms with van der Waals surface area (Å²) in [5, 5.41) is 19.0. The number of hydrogen-bond donors (Lipinski definition) is 3. The van der Waals surface area contributed by atoms with Gasteiger partial charge in [0.15, 0.2) is 0 Å². The van der Waals surface area contributed by atoms with Crippen molar-refractivity contribution in [1.82, 2.24) is 20.5 Å². The van der Waals surface area contributed by atoms with Gasteiger partial charge in [0, 0.05) is 13.5 Å². The van der Waals surface area contributed by atoms with Crippen LogP contribution in [0, 0.1) is 0 Å². The largest absolute Gasteiger partial charge is 0.508 e. The van der Waals surface area contributed by atoms with Crippen LogP contribution >= 0.6 is 0 Å². The smallest absolute Gasteiger partial charge is 0.291 e. The number of phenolic OH excluding ortho intramolecular Hbond substituents is 1. The third-order valence-electron chi connectivity index (χ3n) is 5.81. The minimum Gasteiger partial charge on any atom is -0.508 e. The first-order chi connectivity index (χ1) is 17.0. The lowest BCUT2D eigenvalue weighted by Crippen LogP contribution is -2.49. The second-order valence-electron chi connectivity index (χ2n) is 8.23. The minimum absolute atomic E-state index is 0.0260. The van der Waals surface area contributed by atoms with E-state index >= 15 is 0 Å². The van der Waals surface area contributed by atoms with Crippen LogP contribution in [-0.2, 0) is 11.2 Å². The molecular formula is C26H23N5O4. The number of hydrogen-bond acceptors (Lipinski definition) is 6. The minimum atomic E-state index is -0.909. The third-order valence-corrected chi connectivity index (χ3v) is 5.81. The van der Waals surface area contributed by atoms with E-state index in [-0.39, 0.29) is 24.1 Å². The first-order valence-corrected chi connectivity index (χ1v) is 11.1. The Morgan fingerprint density at radius 3 is 2.63 bits per heavy atom. The molecule has 0 fully saturated rings. The second-order valence-corrected chi connectivity index (χ2v) is 8.23. The predicted molar refractivity (Wildman–Crippen MR) is 129 cm³/mol. The Hall–Kier alpha value is -4.66. The van der Waals surface area contributed by atoms with Gasteiger partial charge in [0.25, 0.3) is 11.8 Å². The van der Waals surface area contributed by atoms with Gasteiger partial charge in [-0.3, -0.25) is 14.7 Å². The van der Waals surface area contributed by atoms with E-state index in [1.165, 1.54) is 4.90 Å². The van der Waals surface area contributed by atoms with Crippen molar-refractivity contribution in [3.8, 4) is 22.6 Å². The fourth-order valence-corrected chi connectivity index (χ4v) is 3.92. The number of rotatable bonds is 5. The Bertz CT molecular complexity index is 1370. The molecule has 9 heteroatoms. The molecule has 0 spiro atoms. The maximum atomic E-state index is 13.2. The van der Waals surface area contributed by atoms with Crippen LogP contribution < -0.4 is 15.0 Å². The zero-order valence-corrected chi connectivity index (χ0v) is 18.9. The van der Waals surface area contributed by atoms with E-state index in [4.69, 9.17) is 4.74 Å². The van der Waals surface area contributed by atoms with Gasteiger partial charge in [-0.15, -0.1) is 5.10 Å². The number of nitrogens with zero attached hydrogens (tertiary/aromatic N) is 3. The molecule has 1 atom stereocenters. The number of phenols is 1. The highest BCUT2D eigenvalue weighted by Crippen LogP contribution is 2.35. The second kappa shape index (κ2) is 9.30. The van der Waals surface area contributed by atoms with Crippen molar-refractivity contribution >= 4 is 17.5 Å². The topological polar surface area (TPSA) is 120 Å². The summed E-state index contributed by atoms with van der Waals surface area (Å²) >= 11 is 0. The molecule has 2 amide bonds. The quantitative estimate of drug-likeness (QED) is 0.413. The maximum Gasteiger partial charge on any atom is 0.291 e. The lowest BCUT2D eigenvalue weighted by atomic mass is 10.0. The molecule has 1 aliphatic heterocycles. The summed E-state index contributed by atoms with van der Waals surface area (Å²) in [5.41, 5.74) is 3.37. The monoisotopic (exact) mass is 469 g/mol. The number of aromatic hydroxyl groups is 1. The number of carbonyl (C=O) groups excluding carboxylic acids is 2. The standard InChI is InChI=1S/C26H23N5O4/c1-31-21-14-18(17-7-10-19(32)11-8-17)9-12-22(21)35-15-20(26(31)34)27-25(33)24-28-23(29-30-24)13-16-5-3-2-4-6-16/h2-12,14,20,32H,13,15H2,1H3,(H,27,33)(H,28,29,30)/t20-/m0/s1. The number of fused-ring (bicyclic) bond motifs is 1. The van der Waals surface area contributed by atoms with E-state index in [2.05, 4.69) is 20.5 Å². The lowest BCUT2D eigenvalue weighted by molar-refractivity contribution is -0.120. The number of aromatic amines is 1. The molecule has 9 nitrogen and oxygen atoms in total. The van der Waals surface area contributed by atoms with Crippen molar-refractivity contribution in [2.24, 2.45) is 0 Å². The summed E-state index contributed by atoms with van der Waals surface area (Å²) < 4.78 is 5.87. The molecular weight excluding hydrogens is 446 g/mol. The zero-order chi connectivity index (χ0) is 24.4. The molecule has 176 valence electrons. The van der Waals surface area contributed by atoms with Gasteiger partial charge < -0.3 is 20.1 Å². The van der Waals surface area contributed by atoms with E-state index in [9.17, 15) is 14.7 Å². The van der Waals surface area contributed by atoms with E-state index in [1.807, 2.05) is 42.5 Å². The molecule has 4 aromatic rings. The summed E-state index contributed by atoms with van der Waals surface area (Å²) in [7, 11) is 1.64. The molecule has 35 heavy (non-hydrogen) atoms. The van der Waals surface area contributed by atoms with Crippen molar-refractivity contribution in [3.05, 3.63) is 90.0 Å². The van der Waals surface area contributed by atoms with Crippen LogP contribution in [0.25, 0.3) is 11.1 Å². The van der Waals surface area contributed by atoms with Crippen LogP contribution in [0.3, 0.4) is 0 Å². The lowest BCUT2D eigenvalue weighted by Gasteiger charge is -2.20. The Kier molecular flexibility index (Phi) is 5.88. The van der Waals surface area contributed by atoms with E-state index in [0.717, 1.165) is 16.7 Å². The van der Waals surface area contributed by atoms with Crippen LogP contribution in [0.15, 0.2) is 72.8 Å². The molecule has 1 aliphatic rings. The zero-order valence-electron chi connectivity index (χ0n) is 18.9. The molecule has 5 rings (SSSR count). The number of likely N-dealkylation sites (N-methyl/N-ethyl adjacent to an activating group) is 1. The predicted octanol–water partition coefficient (Wildman–Crippen LogP) is 2.92. The van der Waals surface area contributed by atoms with Crippen LogP contribution in [0.1, 0.15) is 22.0 Å². The van der Waals surface area contributed by atoms with Crippen LogP contribution in [0.4, 0.5) is 5.69 Å². The average molecular weight is 470 g/mol. The number of amides is 2. The fraction of sp³-hybridized carbons (Fsp3) is 0.154. The first kappa shape index (κ1) is 22.1. The van der Waals surface area contributed by atoms with Gasteiger partial charge in [-0.25, -0.2) is 4.98 Å². The fourth-order valence-electron chi connectivity index (χ4n) is 3.92. The Morgan fingerprint density at radius 1 is 1.11 bits per heavy atom.